The van der Waals surface area contributed by atoms with E-state index in [9.17, 15) is 20.0 Å². The number of hydrogen-bond donors (Lipinski definition) is 1. The first-order chi connectivity index (χ1) is 20.2. The summed E-state index contributed by atoms with van der Waals surface area (Å²) in [6, 6.07) is 13.9. The van der Waals surface area contributed by atoms with Crippen LogP contribution < -0.4 is 9.64 Å². The Bertz CT molecular complexity index is 1750. The van der Waals surface area contributed by atoms with E-state index >= 15 is 8.78 Å². The van der Waals surface area contributed by atoms with Gasteiger partial charge in [-0.25, -0.2) is 13.6 Å². The normalized spacial score (nSPS) is 20.0. The van der Waals surface area contributed by atoms with E-state index in [1.54, 1.807) is 4.90 Å². The van der Waals surface area contributed by atoms with Crippen LogP contribution in [0.2, 0.25) is 10.0 Å². The number of halogens is 4. The van der Waals surface area contributed by atoms with Gasteiger partial charge in [-0.15, -0.1) is 0 Å². The largest absolute Gasteiger partial charge is 0.496 e. The van der Waals surface area contributed by atoms with Gasteiger partial charge in [-0.2, -0.15) is 5.26 Å². The van der Waals surface area contributed by atoms with Crippen LogP contribution in [0.1, 0.15) is 48.7 Å². The van der Waals surface area contributed by atoms with Crippen LogP contribution in [0, 0.1) is 28.4 Å². The third kappa shape index (κ3) is 4.89. The molecule has 1 fully saturated rings. The highest BCUT2D eigenvalue weighted by Crippen LogP contribution is 2.57. The van der Waals surface area contributed by atoms with Crippen molar-refractivity contribution in [3.8, 4) is 11.8 Å². The number of methoxy groups -OCH3 is 1. The van der Waals surface area contributed by atoms with Gasteiger partial charge >= 0.3 is 5.97 Å². The summed E-state index contributed by atoms with van der Waals surface area (Å²) < 4.78 is 37.0. The number of nitrogens with zero attached hydrogens (tertiary/aromatic N) is 3. The van der Waals surface area contributed by atoms with Crippen LogP contribution in [-0.2, 0) is 10.2 Å². The van der Waals surface area contributed by atoms with Crippen LogP contribution in [0.3, 0.4) is 0 Å². The fourth-order valence-corrected chi connectivity index (χ4v) is 6.38. The molecular formula is C32H27Cl2F2N3O4. The van der Waals surface area contributed by atoms with Crippen LogP contribution >= 0.6 is 23.2 Å². The third-order valence-corrected chi connectivity index (χ3v) is 8.35. The van der Waals surface area contributed by atoms with Crippen molar-refractivity contribution in [2.45, 2.75) is 38.6 Å². The summed E-state index contributed by atoms with van der Waals surface area (Å²) in [5.41, 5.74) is -2.16. The van der Waals surface area contributed by atoms with Gasteiger partial charge in [0.25, 0.3) is 5.91 Å². The maximum Gasteiger partial charge on any atom is 0.339 e. The molecule has 3 aromatic carbocycles. The number of carbonyl (C=O) groups is 2. The number of carboxylic acids is 1. The van der Waals surface area contributed by atoms with Gasteiger partial charge in [0.2, 0.25) is 0 Å². The van der Waals surface area contributed by atoms with E-state index in [-0.39, 0.29) is 50.4 Å². The molecule has 2 aliphatic heterocycles. The van der Waals surface area contributed by atoms with E-state index < -0.39 is 40.4 Å². The van der Waals surface area contributed by atoms with Crippen molar-refractivity contribution in [3.05, 3.63) is 98.7 Å². The minimum absolute atomic E-state index is 0.00732. The molecule has 43 heavy (non-hydrogen) atoms. The Labute approximate surface area is 257 Å². The molecule has 2 aliphatic rings. The van der Waals surface area contributed by atoms with Crippen molar-refractivity contribution in [3.63, 3.8) is 0 Å². The predicted molar refractivity (Wildman–Crippen MR) is 159 cm³/mol. The van der Waals surface area contributed by atoms with Crippen molar-refractivity contribution in [1.29, 1.82) is 5.26 Å². The number of anilines is 1. The summed E-state index contributed by atoms with van der Waals surface area (Å²) in [6.07, 6.45) is 0.306. The van der Waals surface area contributed by atoms with E-state index in [1.807, 2.05) is 20.8 Å². The molecule has 1 saturated heterocycles. The van der Waals surface area contributed by atoms with Crippen LogP contribution in [0.15, 0.2) is 60.3 Å². The summed E-state index contributed by atoms with van der Waals surface area (Å²) in [5.74, 6) is -3.36. The SMILES string of the molecule is COc1cc(N2CN3C(=C(c4cccc(Cl)c4F)[C@@](C#N)(c4ccc(Cl)cc4F)[C@@H]3CC(C)(C)C)C2=O)ccc1C(=O)O. The van der Waals surface area contributed by atoms with Crippen molar-refractivity contribution in [2.75, 3.05) is 18.7 Å². The number of aromatic carboxylic acids is 1. The van der Waals surface area contributed by atoms with Crippen molar-refractivity contribution >= 4 is 46.3 Å². The molecule has 0 aromatic heterocycles. The Kier molecular flexibility index (Phi) is 7.66. The van der Waals surface area contributed by atoms with E-state index in [0.29, 0.717) is 12.1 Å². The van der Waals surface area contributed by atoms with Crippen LogP contribution in [0.25, 0.3) is 5.57 Å². The fourth-order valence-electron chi connectivity index (χ4n) is 6.05. The summed E-state index contributed by atoms with van der Waals surface area (Å²) >= 11 is 12.3. The van der Waals surface area contributed by atoms with E-state index in [0.717, 1.165) is 6.07 Å². The lowest BCUT2D eigenvalue weighted by molar-refractivity contribution is -0.114. The van der Waals surface area contributed by atoms with Gasteiger partial charge in [0.1, 0.15) is 34.1 Å². The lowest BCUT2D eigenvalue weighted by Gasteiger charge is -2.40. The summed E-state index contributed by atoms with van der Waals surface area (Å²) in [6.45, 7) is 5.79. The highest BCUT2D eigenvalue weighted by molar-refractivity contribution is 6.31. The molecule has 2 atom stereocenters. The second kappa shape index (κ2) is 10.9. The van der Waals surface area contributed by atoms with Crippen LogP contribution in [0.5, 0.6) is 5.75 Å². The Morgan fingerprint density at radius 3 is 2.49 bits per heavy atom. The molecule has 5 rings (SSSR count). The summed E-state index contributed by atoms with van der Waals surface area (Å²) in [7, 11) is 1.32. The first kappa shape index (κ1) is 30.3. The molecule has 0 saturated carbocycles. The Morgan fingerprint density at radius 1 is 1.16 bits per heavy atom. The average molecular weight is 626 g/mol. The maximum absolute atomic E-state index is 15.9. The van der Waals surface area contributed by atoms with Gasteiger partial charge in [0.05, 0.1) is 30.9 Å². The van der Waals surface area contributed by atoms with Gasteiger partial charge in [-0.3, -0.25) is 9.69 Å². The van der Waals surface area contributed by atoms with Gasteiger partial charge in [-0.05, 0) is 42.2 Å². The van der Waals surface area contributed by atoms with Crippen LogP contribution in [-0.4, -0.2) is 41.7 Å². The Balaban J connectivity index is 1.84. The minimum Gasteiger partial charge on any atom is -0.496 e. The number of rotatable bonds is 6. The minimum atomic E-state index is -1.84. The molecule has 0 spiro atoms. The maximum atomic E-state index is 15.9. The van der Waals surface area contributed by atoms with E-state index in [1.165, 1.54) is 60.5 Å². The van der Waals surface area contributed by atoms with Gasteiger partial charge in [0.15, 0.2) is 0 Å². The molecule has 2 heterocycles. The number of nitriles is 1. The molecular weight excluding hydrogens is 599 g/mol. The zero-order chi connectivity index (χ0) is 31.4. The molecule has 222 valence electrons. The Morgan fingerprint density at radius 2 is 1.88 bits per heavy atom. The second-order valence-electron chi connectivity index (χ2n) is 11.7. The highest BCUT2D eigenvalue weighted by atomic mass is 35.5. The average Bonchev–Trinajstić information content (AvgIpc) is 3.40. The van der Waals surface area contributed by atoms with Gasteiger partial charge < -0.3 is 14.7 Å². The quantitative estimate of drug-likeness (QED) is 0.309. The first-order valence-corrected chi connectivity index (χ1v) is 14.1. The van der Waals surface area contributed by atoms with Crippen molar-refractivity contribution < 1.29 is 28.2 Å². The number of benzene rings is 3. The molecule has 1 N–H and O–H groups in total. The number of ether oxygens (including phenoxy) is 1. The smallest absolute Gasteiger partial charge is 0.339 e. The zero-order valence-corrected chi connectivity index (χ0v) is 25.2. The predicted octanol–water partition coefficient (Wildman–Crippen LogP) is 7.28. The molecule has 0 radical (unpaired) electrons. The number of carboxylic acid groups (broad SMARTS) is 1. The van der Waals surface area contributed by atoms with E-state index in [4.69, 9.17) is 27.9 Å². The highest BCUT2D eigenvalue weighted by Gasteiger charge is 2.61. The third-order valence-electron chi connectivity index (χ3n) is 7.82. The topological polar surface area (TPSA) is 93.9 Å². The van der Waals surface area contributed by atoms with Crippen LogP contribution in [0.4, 0.5) is 14.5 Å². The molecule has 1 amide bonds. The monoisotopic (exact) mass is 625 g/mol. The Hall–Kier alpha value is -4.13. The standard InChI is InChI=1S/C32H27Cl2F2N3O4/c1-31(2,3)14-25-32(15-37,21-11-8-17(33)12-23(21)35)26(20-6-5-7-22(34)27(20)36)28-29(40)38(16-39(25)28)18-9-10-19(30(41)42)24(13-18)43-4/h5-13,25H,14,16H2,1-4H3,(H,41,42)/t25-,32-/m0/s1. The molecule has 0 aliphatic carbocycles. The summed E-state index contributed by atoms with van der Waals surface area (Å²) in [5, 5.41) is 20.5. The molecule has 11 heteroatoms. The number of carbonyl (C=O) groups excluding carboxylic acids is 1. The molecule has 0 bridgehead atoms. The molecule has 7 nitrogen and oxygen atoms in total. The van der Waals surface area contributed by atoms with Gasteiger partial charge in [-0.1, -0.05) is 62.2 Å². The van der Waals surface area contributed by atoms with Gasteiger partial charge in [0, 0.05) is 33.5 Å². The second-order valence-corrected chi connectivity index (χ2v) is 12.5. The number of fused-ring (bicyclic) bond motifs is 1. The lowest BCUT2D eigenvalue weighted by Crippen LogP contribution is -2.47. The lowest BCUT2D eigenvalue weighted by atomic mass is 9.65. The number of amides is 1. The van der Waals surface area contributed by atoms with E-state index in [2.05, 4.69) is 6.07 Å². The zero-order valence-electron chi connectivity index (χ0n) is 23.7. The molecule has 3 aromatic rings. The summed E-state index contributed by atoms with van der Waals surface area (Å²) in [4.78, 5) is 29.1. The van der Waals surface area contributed by atoms with Crippen molar-refractivity contribution in [2.24, 2.45) is 5.41 Å². The van der Waals surface area contributed by atoms with Crippen molar-refractivity contribution in [1.82, 2.24) is 4.90 Å². The molecule has 0 unspecified atom stereocenters. The number of hydrogen-bond acceptors (Lipinski definition) is 5. The fraction of sp³-hybridized carbons (Fsp3) is 0.281. The first-order valence-electron chi connectivity index (χ1n) is 13.3.